The van der Waals surface area contributed by atoms with Crippen LogP contribution in [0.4, 0.5) is 0 Å². The number of carbonyl (C=O) groups is 1. The Balaban J connectivity index is 1.66. The number of allylic oxidation sites excluding steroid dienone is 1. The minimum absolute atomic E-state index is 0.180. The van der Waals surface area contributed by atoms with Crippen molar-refractivity contribution in [1.29, 1.82) is 0 Å². The standard InChI is InChI=1S/C27H25N3O4S2/c1-15-13-18(17(3)29(15)19-8-10-20(33-4)11-9-19)14-22-25(31)30-24(21-7-6-12-35-21)23(26(32)34-5)16(2)28-27(30)36-22/h6-14,24H,1-5H3. The highest BCUT2D eigenvalue weighted by Crippen LogP contribution is 2.33. The van der Waals surface area contributed by atoms with Crippen LogP contribution in [-0.2, 0) is 9.53 Å². The molecular formula is C27H25N3O4S2. The van der Waals surface area contributed by atoms with Gasteiger partial charge in [-0.2, -0.15) is 0 Å². The van der Waals surface area contributed by atoms with Gasteiger partial charge in [0.25, 0.3) is 5.56 Å². The second-order valence-corrected chi connectivity index (χ2v) is 10.4. The maximum Gasteiger partial charge on any atom is 0.338 e. The number of rotatable bonds is 5. The fourth-order valence-corrected chi connectivity index (χ4v) is 6.47. The molecule has 0 bridgehead atoms. The van der Waals surface area contributed by atoms with Gasteiger partial charge in [-0.1, -0.05) is 17.4 Å². The molecule has 0 saturated heterocycles. The number of aromatic nitrogens is 2. The lowest BCUT2D eigenvalue weighted by Gasteiger charge is -2.22. The van der Waals surface area contributed by atoms with Crippen molar-refractivity contribution in [2.24, 2.45) is 4.99 Å². The first-order valence-electron chi connectivity index (χ1n) is 11.3. The van der Waals surface area contributed by atoms with Crippen molar-refractivity contribution in [1.82, 2.24) is 9.13 Å². The lowest BCUT2D eigenvalue weighted by Crippen LogP contribution is -2.39. The van der Waals surface area contributed by atoms with E-state index in [0.29, 0.717) is 20.6 Å². The van der Waals surface area contributed by atoms with Crippen LogP contribution >= 0.6 is 22.7 Å². The number of thiophene rings is 1. The lowest BCUT2D eigenvalue weighted by molar-refractivity contribution is -0.136. The van der Waals surface area contributed by atoms with Crippen LogP contribution in [0.25, 0.3) is 11.8 Å². The summed E-state index contributed by atoms with van der Waals surface area (Å²) in [6.07, 6.45) is 1.91. The van der Waals surface area contributed by atoms with Crippen LogP contribution in [0.1, 0.15) is 34.8 Å². The van der Waals surface area contributed by atoms with Crippen LogP contribution in [0.5, 0.6) is 5.75 Å². The summed E-state index contributed by atoms with van der Waals surface area (Å²) in [5, 5.41) is 1.93. The average Bonchev–Trinajstić information content (AvgIpc) is 3.58. The van der Waals surface area contributed by atoms with Gasteiger partial charge in [0.15, 0.2) is 4.80 Å². The monoisotopic (exact) mass is 519 g/mol. The second-order valence-electron chi connectivity index (χ2n) is 8.45. The van der Waals surface area contributed by atoms with Crippen LogP contribution < -0.4 is 19.6 Å². The first kappa shape index (κ1) is 24.0. The summed E-state index contributed by atoms with van der Waals surface area (Å²) in [4.78, 5) is 32.5. The van der Waals surface area contributed by atoms with Crippen molar-refractivity contribution in [3.63, 3.8) is 0 Å². The van der Waals surface area contributed by atoms with Gasteiger partial charge >= 0.3 is 5.97 Å². The van der Waals surface area contributed by atoms with Crippen LogP contribution in [0, 0.1) is 13.8 Å². The molecule has 0 fully saturated rings. The Labute approximate surface area is 215 Å². The number of carbonyl (C=O) groups excluding carboxylic acids is 1. The molecule has 0 spiro atoms. The average molecular weight is 520 g/mol. The van der Waals surface area contributed by atoms with Gasteiger partial charge < -0.3 is 14.0 Å². The third-order valence-corrected chi connectivity index (χ3v) is 8.23. The van der Waals surface area contributed by atoms with Crippen LogP contribution in [0.15, 0.2) is 68.9 Å². The molecule has 9 heteroatoms. The number of ether oxygens (including phenoxy) is 2. The zero-order valence-corrected chi connectivity index (χ0v) is 22.2. The van der Waals surface area contributed by atoms with Gasteiger partial charge in [-0.25, -0.2) is 9.79 Å². The number of fused-ring (bicyclic) bond motifs is 1. The molecule has 0 amide bonds. The number of nitrogens with zero attached hydrogens (tertiary/aromatic N) is 3. The van der Waals surface area contributed by atoms with Crippen molar-refractivity contribution in [2.45, 2.75) is 26.8 Å². The largest absolute Gasteiger partial charge is 0.497 e. The van der Waals surface area contributed by atoms with Gasteiger partial charge in [0.1, 0.15) is 11.8 Å². The van der Waals surface area contributed by atoms with Crippen molar-refractivity contribution < 1.29 is 14.3 Å². The highest BCUT2D eigenvalue weighted by molar-refractivity contribution is 7.10. The molecule has 1 atom stereocenters. The van der Waals surface area contributed by atoms with Gasteiger partial charge in [0.2, 0.25) is 0 Å². The molecule has 3 aromatic heterocycles. The molecule has 0 aliphatic carbocycles. The van der Waals surface area contributed by atoms with Crippen molar-refractivity contribution >= 4 is 34.7 Å². The van der Waals surface area contributed by atoms with E-state index in [9.17, 15) is 9.59 Å². The smallest absolute Gasteiger partial charge is 0.338 e. The fourth-order valence-electron chi connectivity index (χ4n) is 4.61. The summed E-state index contributed by atoms with van der Waals surface area (Å²) in [6.45, 7) is 5.86. The van der Waals surface area contributed by atoms with E-state index in [1.165, 1.54) is 29.8 Å². The number of methoxy groups -OCH3 is 2. The van der Waals surface area contributed by atoms with Gasteiger partial charge in [0.05, 0.1) is 30.0 Å². The number of benzene rings is 1. The Morgan fingerprint density at radius 3 is 2.50 bits per heavy atom. The van der Waals surface area contributed by atoms with Gasteiger partial charge in [-0.05, 0) is 74.2 Å². The predicted octanol–water partition coefficient (Wildman–Crippen LogP) is 3.89. The van der Waals surface area contributed by atoms with E-state index in [4.69, 9.17) is 9.47 Å². The van der Waals surface area contributed by atoms with E-state index in [0.717, 1.165) is 33.3 Å². The normalized spacial score (nSPS) is 15.6. The van der Waals surface area contributed by atoms with E-state index in [-0.39, 0.29) is 5.56 Å². The first-order valence-corrected chi connectivity index (χ1v) is 13.0. The molecule has 0 saturated carbocycles. The minimum Gasteiger partial charge on any atom is -0.497 e. The van der Waals surface area contributed by atoms with Crippen molar-refractivity contribution in [2.75, 3.05) is 14.2 Å². The highest BCUT2D eigenvalue weighted by atomic mass is 32.1. The Morgan fingerprint density at radius 1 is 1.11 bits per heavy atom. The molecule has 1 unspecified atom stereocenters. The van der Waals surface area contributed by atoms with E-state index >= 15 is 0 Å². The molecule has 5 rings (SSSR count). The molecule has 4 aromatic rings. The van der Waals surface area contributed by atoms with Gasteiger partial charge in [-0.3, -0.25) is 9.36 Å². The van der Waals surface area contributed by atoms with Crippen molar-refractivity contribution in [3.05, 3.63) is 101 Å². The molecule has 184 valence electrons. The Hall–Kier alpha value is -3.69. The van der Waals surface area contributed by atoms with Crippen LogP contribution in [0.2, 0.25) is 0 Å². The minimum atomic E-state index is -0.567. The summed E-state index contributed by atoms with van der Waals surface area (Å²) in [5.74, 6) is 0.316. The molecule has 1 aromatic carbocycles. The lowest BCUT2D eigenvalue weighted by atomic mass is 10.0. The molecule has 4 heterocycles. The number of thiazole rings is 1. The summed E-state index contributed by atoms with van der Waals surface area (Å²) < 4.78 is 14.7. The third kappa shape index (κ3) is 3.94. The zero-order valence-electron chi connectivity index (χ0n) is 20.6. The third-order valence-electron chi connectivity index (χ3n) is 6.33. The molecular weight excluding hydrogens is 494 g/mol. The number of aryl methyl sites for hydroxylation is 1. The predicted molar refractivity (Wildman–Crippen MR) is 142 cm³/mol. The Kier molecular flexibility index (Phi) is 6.27. The topological polar surface area (TPSA) is 74.8 Å². The Bertz CT molecular complexity index is 1670. The summed E-state index contributed by atoms with van der Waals surface area (Å²) >= 11 is 2.82. The van der Waals surface area contributed by atoms with Gasteiger partial charge in [0, 0.05) is 22.0 Å². The molecule has 7 nitrogen and oxygen atoms in total. The molecule has 1 aliphatic heterocycles. The maximum absolute atomic E-state index is 13.7. The number of hydrogen-bond acceptors (Lipinski definition) is 7. The van der Waals surface area contributed by atoms with E-state index in [1.54, 1.807) is 18.6 Å². The molecule has 1 aliphatic rings. The van der Waals surface area contributed by atoms with Crippen molar-refractivity contribution in [3.8, 4) is 11.4 Å². The second kappa shape index (κ2) is 9.40. The van der Waals surface area contributed by atoms with E-state index in [1.807, 2.05) is 61.7 Å². The SMILES string of the molecule is COC(=O)C1=C(C)N=c2sc(=Cc3cc(C)n(-c4ccc(OC)cc4)c3C)c(=O)n2C1c1cccs1. The molecule has 0 radical (unpaired) electrons. The zero-order chi connectivity index (χ0) is 25.6. The summed E-state index contributed by atoms with van der Waals surface area (Å²) in [6, 6.07) is 13.2. The van der Waals surface area contributed by atoms with Gasteiger partial charge in [-0.15, -0.1) is 11.3 Å². The highest BCUT2D eigenvalue weighted by Gasteiger charge is 2.33. The molecule has 0 N–H and O–H groups in total. The Morgan fingerprint density at radius 2 is 1.86 bits per heavy atom. The molecule has 36 heavy (non-hydrogen) atoms. The summed E-state index contributed by atoms with van der Waals surface area (Å²) in [7, 11) is 2.99. The quantitative estimate of drug-likeness (QED) is 0.375. The van der Waals surface area contributed by atoms with E-state index in [2.05, 4.69) is 15.6 Å². The maximum atomic E-state index is 13.7. The van der Waals surface area contributed by atoms with E-state index < -0.39 is 12.0 Å². The number of hydrogen-bond donors (Lipinski definition) is 0. The van der Waals surface area contributed by atoms with Crippen LogP contribution in [0.3, 0.4) is 0 Å². The first-order chi connectivity index (χ1) is 17.3. The summed E-state index contributed by atoms with van der Waals surface area (Å²) in [5.41, 5.74) is 4.80. The fraction of sp³-hybridized carbons (Fsp3) is 0.222. The van der Waals surface area contributed by atoms with Crippen LogP contribution in [-0.4, -0.2) is 29.3 Å². The number of esters is 1.